The van der Waals surface area contributed by atoms with Crippen LogP contribution in [0.5, 0.6) is 0 Å². The quantitative estimate of drug-likeness (QED) is 0.474. The summed E-state index contributed by atoms with van der Waals surface area (Å²) in [5.41, 5.74) is 0.238. The van der Waals surface area contributed by atoms with E-state index in [9.17, 15) is 13.2 Å². The SMILES string of the molecule is ClCCl.FC(F)(F)c1cccc2c1Nc1ccccc1S2. The van der Waals surface area contributed by atoms with Gasteiger partial charge in [-0.1, -0.05) is 30.0 Å². The van der Waals surface area contributed by atoms with E-state index >= 15 is 0 Å². The molecule has 0 atom stereocenters. The van der Waals surface area contributed by atoms with Crippen molar-refractivity contribution in [1.82, 2.24) is 0 Å². The molecule has 0 amide bonds. The van der Waals surface area contributed by atoms with E-state index in [1.807, 2.05) is 12.1 Å². The average molecular weight is 352 g/mol. The Hall–Kier alpha value is -1.04. The second-order valence-corrected chi connectivity index (χ2v) is 5.89. The Bertz CT molecular complexity index is 632. The van der Waals surface area contributed by atoms with Crippen LogP contribution in [0.3, 0.4) is 0 Å². The van der Waals surface area contributed by atoms with Gasteiger partial charge in [0.25, 0.3) is 0 Å². The maximum atomic E-state index is 12.9. The number of alkyl halides is 5. The molecular formula is C14H10Cl2F3NS. The zero-order chi connectivity index (χ0) is 15.5. The third-order valence-electron chi connectivity index (χ3n) is 2.70. The maximum absolute atomic E-state index is 12.9. The highest BCUT2D eigenvalue weighted by atomic mass is 35.5. The molecule has 0 bridgehead atoms. The number of hydrogen-bond donors (Lipinski definition) is 1. The highest BCUT2D eigenvalue weighted by Crippen LogP contribution is 2.48. The van der Waals surface area contributed by atoms with E-state index in [0.29, 0.717) is 10.6 Å². The first-order valence-electron chi connectivity index (χ1n) is 5.83. The highest BCUT2D eigenvalue weighted by Gasteiger charge is 2.35. The fraction of sp³-hybridized carbons (Fsp3) is 0.143. The number of nitrogens with one attached hydrogen (secondary N) is 1. The van der Waals surface area contributed by atoms with E-state index in [1.54, 1.807) is 18.2 Å². The molecule has 1 heterocycles. The number of benzene rings is 2. The third-order valence-corrected chi connectivity index (χ3v) is 3.83. The van der Waals surface area contributed by atoms with Gasteiger partial charge in [-0.05, 0) is 24.3 Å². The van der Waals surface area contributed by atoms with Gasteiger partial charge >= 0.3 is 6.18 Å². The van der Waals surface area contributed by atoms with Crippen LogP contribution in [0.4, 0.5) is 24.5 Å². The average Bonchev–Trinajstić information content (AvgIpc) is 2.44. The lowest BCUT2D eigenvalue weighted by molar-refractivity contribution is -0.137. The summed E-state index contributed by atoms with van der Waals surface area (Å²) in [5, 5.41) is 3.07. The molecule has 2 aromatic rings. The maximum Gasteiger partial charge on any atom is 0.418 e. The normalized spacial score (nSPS) is 12.4. The molecule has 0 fully saturated rings. The van der Waals surface area contributed by atoms with Crippen molar-refractivity contribution in [3.63, 3.8) is 0 Å². The molecule has 112 valence electrons. The van der Waals surface area contributed by atoms with E-state index in [1.165, 1.54) is 17.8 Å². The summed E-state index contributed by atoms with van der Waals surface area (Å²) in [6, 6.07) is 11.6. The van der Waals surface area contributed by atoms with E-state index < -0.39 is 11.7 Å². The zero-order valence-electron chi connectivity index (χ0n) is 10.5. The number of fused-ring (bicyclic) bond motifs is 2. The van der Waals surface area contributed by atoms with Crippen molar-refractivity contribution in [2.24, 2.45) is 0 Å². The van der Waals surface area contributed by atoms with Crippen molar-refractivity contribution in [2.75, 3.05) is 10.7 Å². The summed E-state index contributed by atoms with van der Waals surface area (Å²) in [6.45, 7) is 0. The van der Waals surface area contributed by atoms with Crippen LogP contribution >= 0.6 is 35.0 Å². The molecule has 1 aliphatic rings. The minimum atomic E-state index is -4.34. The molecule has 0 aliphatic carbocycles. The Morgan fingerprint density at radius 3 is 2.24 bits per heavy atom. The molecule has 0 radical (unpaired) electrons. The lowest BCUT2D eigenvalue weighted by Gasteiger charge is -2.23. The van der Waals surface area contributed by atoms with Crippen molar-refractivity contribution in [3.8, 4) is 0 Å². The fourth-order valence-corrected chi connectivity index (χ4v) is 2.92. The van der Waals surface area contributed by atoms with Gasteiger partial charge < -0.3 is 5.32 Å². The minimum Gasteiger partial charge on any atom is -0.353 e. The van der Waals surface area contributed by atoms with E-state index in [-0.39, 0.29) is 11.0 Å². The fourth-order valence-electron chi connectivity index (χ4n) is 1.89. The minimum absolute atomic E-state index is 0.147. The number of rotatable bonds is 0. The van der Waals surface area contributed by atoms with Gasteiger partial charge in [0, 0.05) is 9.79 Å². The highest BCUT2D eigenvalue weighted by molar-refractivity contribution is 7.99. The first-order chi connectivity index (χ1) is 9.97. The molecule has 0 saturated heterocycles. The summed E-state index contributed by atoms with van der Waals surface area (Å²) >= 11 is 10.9. The standard InChI is InChI=1S/C13H8F3NS.CH2Cl2/c14-13(15,16)8-4-3-7-11-12(8)17-9-5-1-2-6-10(9)18-11;2-1-3/h1-7,17H;1H2. The van der Waals surface area contributed by atoms with E-state index in [2.05, 4.69) is 5.32 Å². The third kappa shape index (κ3) is 3.78. The van der Waals surface area contributed by atoms with Gasteiger partial charge in [-0.15, -0.1) is 23.2 Å². The first-order valence-corrected chi connectivity index (χ1v) is 7.72. The van der Waals surface area contributed by atoms with Crippen LogP contribution in [0.1, 0.15) is 5.56 Å². The molecule has 7 heteroatoms. The van der Waals surface area contributed by atoms with Crippen LogP contribution < -0.4 is 5.32 Å². The van der Waals surface area contributed by atoms with Gasteiger partial charge in [-0.3, -0.25) is 0 Å². The van der Waals surface area contributed by atoms with Crippen molar-refractivity contribution in [2.45, 2.75) is 16.0 Å². The molecule has 0 unspecified atom stereocenters. The van der Waals surface area contributed by atoms with Gasteiger partial charge in [0.15, 0.2) is 0 Å². The van der Waals surface area contributed by atoms with Crippen molar-refractivity contribution in [1.29, 1.82) is 0 Å². The van der Waals surface area contributed by atoms with Crippen LogP contribution in [0.15, 0.2) is 52.3 Å². The molecule has 1 N–H and O–H groups in total. The number of anilines is 2. The predicted octanol–water partition coefficient (Wildman–Crippen LogP) is 6.34. The summed E-state index contributed by atoms with van der Waals surface area (Å²) in [7, 11) is 0. The van der Waals surface area contributed by atoms with Crippen molar-refractivity contribution < 1.29 is 13.2 Å². The lowest BCUT2D eigenvalue weighted by atomic mass is 10.1. The predicted molar refractivity (Wildman–Crippen MR) is 81.9 cm³/mol. The van der Waals surface area contributed by atoms with Gasteiger partial charge in [0.05, 0.1) is 22.3 Å². The summed E-state index contributed by atoms with van der Waals surface area (Å²) in [5.74, 6) is 0. The molecule has 0 spiro atoms. The largest absolute Gasteiger partial charge is 0.418 e. The molecule has 0 saturated carbocycles. The smallest absolute Gasteiger partial charge is 0.353 e. The van der Waals surface area contributed by atoms with Crippen LogP contribution in [0.2, 0.25) is 0 Å². The molecule has 1 nitrogen and oxygen atoms in total. The van der Waals surface area contributed by atoms with Gasteiger partial charge in [0.2, 0.25) is 0 Å². The molecule has 2 aromatic carbocycles. The number of hydrogen-bond acceptors (Lipinski definition) is 2. The van der Waals surface area contributed by atoms with Gasteiger partial charge in [-0.25, -0.2) is 0 Å². The molecule has 0 aromatic heterocycles. The van der Waals surface area contributed by atoms with Gasteiger partial charge in [-0.2, -0.15) is 13.2 Å². The summed E-state index contributed by atoms with van der Waals surface area (Å²) in [6.07, 6.45) is -4.34. The van der Waals surface area contributed by atoms with Gasteiger partial charge in [0.1, 0.15) is 0 Å². The van der Waals surface area contributed by atoms with Crippen LogP contribution in [-0.4, -0.2) is 5.34 Å². The monoisotopic (exact) mass is 351 g/mol. The second kappa shape index (κ2) is 6.81. The Morgan fingerprint density at radius 1 is 0.952 bits per heavy atom. The first kappa shape index (κ1) is 16.3. The van der Waals surface area contributed by atoms with E-state index in [0.717, 1.165) is 11.0 Å². The zero-order valence-corrected chi connectivity index (χ0v) is 12.9. The van der Waals surface area contributed by atoms with E-state index in [4.69, 9.17) is 23.2 Å². The van der Waals surface area contributed by atoms with Crippen LogP contribution in [0.25, 0.3) is 0 Å². The summed E-state index contributed by atoms with van der Waals surface area (Å²) < 4.78 is 38.7. The van der Waals surface area contributed by atoms with Crippen LogP contribution in [-0.2, 0) is 6.18 Å². The van der Waals surface area contributed by atoms with Crippen molar-refractivity contribution >= 4 is 46.3 Å². The lowest BCUT2D eigenvalue weighted by Crippen LogP contribution is -2.11. The Morgan fingerprint density at radius 2 is 1.57 bits per heavy atom. The Kier molecular flexibility index (Phi) is 5.30. The number of para-hydroxylation sites is 2. The summed E-state index contributed by atoms with van der Waals surface area (Å²) in [4.78, 5) is 1.54. The molecule has 3 rings (SSSR count). The molecule has 1 aliphatic heterocycles. The van der Waals surface area contributed by atoms with Crippen LogP contribution in [0, 0.1) is 0 Å². The molecule has 21 heavy (non-hydrogen) atoms. The Labute approximate surface area is 134 Å². The Balaban J connectivity index is 0.000000497. The van der Waals surface area contributed by atoms with Crippen molar-refractivity contribution in [3.05, 3.63) is 48.0 Å². The molecular weight excluding hydrogens is 342 g/mol. The topological polar surface area (TPSA) is 12.0 Å². The second-order valence-electron chi connectivity index (χ2n) is 4.00. The number of halogens is 5.